The Morgan fingerprint density at radius 2 is 1.10 bits per heavy atom. The normalized spacial score (nSPS) is 31.8. The Morgan fingerprint density at radius 1 is 0.800 bits per heavy atom. The Labute approximate surface area is 74.5 Å². The fraction of sp³-hybridized carbons (Fsp3) is 1.00. The largest absolute Gasteiger partial charge is 0.326 e. The van der Waals surface area contributed by atoms with Crippen molar-refractivity contribution in [1.82, 2.24) is 0 Å². The third-order valence-electron chi connectivity index (χ3n) is 1.87. The summed E-state index contributed by atoms with van der Waals surface area (Å²) in [5.74, 6) is 0. The van der Waals surface area contributed by atoms with Crippen LogP contribution in [0.2, 0.25) is 0 Å². The fourth-order valence-electron chi connectivity index (χ4n) is 1.19. The summed E-state index contributed by atoms with van der Waals surface area (Å²) in [6.45, 7) is 0. The minimum atomic E-state index is 0. The molecular formula is C6H16Cl2N2. The van der Waals surface area contributed by atoms with E-state index in [1.54, 1.807) is 0 Å². The highest BCUT2D eigenvalue weighted by molar-refractivity contribution is 5.85. The second-order valence-electron chi connectivity index (χ2n) is 2.61. The smallest absolute Gasteiger partial charge is 0.0192 e. The molecule has 0 spiro atoms. The van der Waals surface area contributed by atoms with Crippen LogP contribution in [0.1, 0.15) is 25.7 Å². The van der Waals surface area contributed by atoms with E-state index in [-0.39, 0.29) is 36.9 Å². The molecule has 1 aliphatic rings. The summed E-state index contributed by atoms with van der Waals surface area (Å²) in [5.41, 5.74) is 11.3. The van der Waals surface area contributed by atoms with Crippen LogP contribution in [-0.2, 0) is 0 Å². The van der Waals surface area contributed by atoms with Crippen LogP contribution in [0.4, 0.5) is 0 Å². The number of hydrogen-bond acceptors (Lipinski definition) is 2. The number of nitrogens with two attached hydrogens (primary N) is 2. The Hall–Kier alpha value is 0.500. The van der Waals surface area contributed by atoms with Crippen LogP contribution < -0.4 is 11.5 Å². The van der Waals surface area contributed by atoms with Crippen molar-refractivity contribution in [2.45, 2.75) is 37.8 Å². The molecular weight excluding hydrogens is 171 g/mol. The van der Waals surface area contributed by atoms with Crippen molar-refractivity contribution in [3.05, 3.63) is 0 Å². The minimum Gasteiger partial charge on any atom is -0.326 e. The molecule has 1 fully saturated rings. The summed E-state index contributed by atoms with van der Waals surface area (Å²) < 4.78 is 0. The van der Waals surface area contributed by atoms with E-state index in [0.29, 0.717) is 0 Å². The van der Waals surface area contributed by atoms with E-state index in [9.17, 15) is 0 Å². The lowest BCUT2D eigenvalue weighted by atomic mass is 9.92. The first-order valence-electron chi connectivity index (χ1n) is 3.32. The van der Waals surface area contributed by atoms with E-state index >= 15 is 0 Å². The highest BCUT2D eigenvalue weighted by Gasteiger charge is 2.16. The van der Waals surface area contributed by atoms with Gasteiger partial charge in [-0.15, -0.1) is 24.8 Å². The van der Waals surface area contributed by atoms with Gasteiger partial charge in [-0.3, -0.25) is 0 Å². The van der Waals surface area contributed by atoms with Gasteiger partial charge in [-0.25, -0.2) is 0 Å². The molecule has 0 bridgehead atoms. The molecule has 1 aliphatic carbocycles. The second-order valence-corrected chi connectivity index (χ2v) is 2.61. The lowest BCUT2D eigenvalue weighted by Crippen LogP contribution is -2.43. The zero-order valence-corrected chi connectivity index (χ0v) is 7.59. The zero-order valence-electron chi connectivity index (χ0n) is 5.95. The van der Waals surface area contributed by atoms with Crippen LogP contribution in [-0.4, -0.2) is 12.1 Å². The van der Waals surface area contributed by atoms with Crippen LogP contribution in [0, 0.1) is 0 Å². The summed E-state index contributed by atoms with van der Waals surface area (Å²) in [5, 5.41) is 0. The Kier molecular flexibility index (Phi) is 8.17. The average molecular weight is 187 g/mol. The molecule has 2 nitrogen and oxygen atoms in total. The Morgan fingerprint density at radius 3 is 1.30 bits per heavy atom. The molecule has 0 heterocycles. The Balaban J connectivity index is 0. The minimum absolute atomic E-state index is 0. The maximum Gasteiger partial charge on any atom is 0.0192 e. The molecule has 64 valence electrons. The predicted molar refractivity (Wildman–Crippen MR) is 48.9 cm³/mol. The first-order chi connectivity index (χ1) is 3.80. The van der Waals surface area contributed by atoms with Gasteiger partial charge in [-0.2, -0.15) is 0 Å². The molecule has 10 heavy (non-hydrogen) atoms. The summed E-state index contributed by atoms with van der Waals surface area (Å²) in [7, 11) is 0. The third-order valence-corrected chi connectivity index (χ3v) is 1.87. The SMILES string of the molecule is Cl.Cl.N[C@@H]1CCCC[C@@H]1N. The molecule has 4 N–H and O–H groups in total. The van der Waals surface area contributed by atoms with Crippen LogP contribution in [0.25, 0.3) is 0 Å². The molecule has 0 saturated heterocycles. The van der Waals surface area contributed by atoms with Gasteiger partial charge >= 0.3 is 0 Å². The molecule has 1 saturated carbocycles. The van der Waals surface area contributed by atoms with Gasteiger partial charge in [0.05, 0.1) is 0 Å². The lowest BCUT2D eigenvalue weighted by molar-refractivity contribution is 0.385. The lowest BCUT2D eigenvalue weighted by Gasteiger charge is -2.24. The first-order valence-corrected chi connectivity index (χ1v) is 3.32. The van der Waals surface area contributed by atoms with E-state index in [2.05, 4.69) is 0 Å². The van der Waals surface area contributed by atoms with Gasteiger partial charge < -0.3 is 11.5 Å². The molecule has 2 atom stereocenters. The fourth-order valence-corrected chi connectivity index (χ4v) is 1.19. The second kappa shape index (κ2) is 6.23. The van der Waals surface area contributed by atoms with Gasteiger partial charge in [0.1, 0.15) is 0 Å². The Bertz CT molecular complexity index is 70.1. The van der Waals surface area contributed by atoms with Crippen LogP contribution in [0.5, 0.6) is 0 Å². The van der Waals surface area contributed by atoms with Crippen molar-refractivity contribution >= 4 is 24.8 Å². The maximum atomic E-state index is 5.65. The zero-order chi connectivity index (χ0) is 5.98. The van der Waals surface area contributed by atoms with Gasteiger partial charge in [0.2, 0.25) is 0 Å². The molecule has 0 aromatic carbocycles. The molecule has 0 unspecified atom stereocenters. The van der Waals surface area contributed by atoms with Crippen LogP contribution in [0.15, 0.2) is 0 Å². The van der Waals surface area contributed by atoms with Crippen LogP contribution >= 0.6 is 24.8 Å². The molecule has 0 aromatic rings. The van der Waals surface area contributed by atoms with Gasteiger partial charge in [0, 0.05) is 12.1 Å². The van der Waals surface area contributed by atoms with Crippen molar-refractivity contribution in [3.8, 4) is 0 Å². The van der Waals surface area contributed by atoms with Gasteiger partial charge in [-0.1, -0.05) is 12.8 Å². The monoisotopic (exact) mass is 186 g/mol. The van der Waals surface area contributed by atoms with Crippen LogP contribution in [0.3, 0.4) is 0 Å². The van der Waals surface area contributed by atoms with Crippen molar-refractivity contribution in [3.63, 3.8) is 0 Å². The molecule has 4 heteroatoms. The molecule has 1 rings (SSSR count). The van der Waals surface area contributed by atoms with E-state index in [1.165, 1.54) is 12.8 Å². The first kappa shape index (κ1) is 13.1. The predicted octanol–water partition coefficient (Wildman–Crippen LogP) is 1.06. The molecule has 0 radical (unpaired) electrons. The van der Waals surface area contributed by atoms with Crippen molar-refractivity contribution < 1.29 is 0 Å². The van der Waals surface area contributed by atoms with Crippen molar-refractivity contribution in [1.29, 1.82) is 0 Å². The van der Waals surface area contributed by atoms with E-state index in [4.69, 9.17) is 11.5 Å². The quantitative estimate of drug-likeness (QED) is 0.595. The molecule has 0 aliphatic heterocycles. The van der Waals surface area contributed by atoms with E-state index in [1.807, 2.05) is 0 Å². The van der Waals surface area contributed by atoms with Crippen molar-refractivity contribution in [2.75, 3.05) is 0 Å². The molecule has 0 aromatic heterocycles. The highest BCUT2D eigenvalue weighted by atomic mass is 35.5. The summed E-state index contributed by atoms with van der Waals surface area (Å²) in [6, 6.07) is 0.562. The van der Waals surface area contributed by atoms with E-state index in [0.717, 1.165) is 12.8 Å². The van der Waals surface area contributed by atoms with Gasteiger partial charge in [-0.05, 0) is 12.8 Å². The van der Waals surface area contributed by atoms with Gasteiger partial charge in [0.15, 0.2) is 0 Å². The topological polar surface area (TPSA) is 52.0 Å². The third kappa shape index (κ3) is 3.62. The number of hydrogen-bond donors (Lipinski definition) is 2. The standard InChI is InChI=1S/C6H14N2.2ClH/c7-5-3-1-2-4-6(5)8;;/h5-6H,1-4,7-8H2;2*1H/t5-,6+;;. The summed E-state index contributed by atoms with van der Waals surface area (Å²) in [4.78, 5) is 0. The number of rotatable bonds is 0. The van der Waals surface area contributed by atoms with Crippen molar-refractivity contribution in [2.24, 2.45) is 11.5 Å². The molecule has 0 amide bonds. The summed E-state index contributed by atoms with van der Waals surface area (Å²) >= 11 is 0. The van der Waals surface area contributed by atoms with E-state index < -0.39 is 0 Å². The maximum absolute atomic E-state index is 5.65. The average Bonchev–Trinajstić information content (AvgIpc) is 1.77. The highest BCUT2D eigenvalue weighted by Crippen LogP contribution is 2.14. The van der Waals surface area contributed by atoms with Gasteiger partial charge in [0.25, 0.3) is 0 Å². The number of halogens is 2. The summed E-state index contributed by atoms with van der Waals surface area (Å²) in [6.07, 6.45) is 4.80.